The van der Waals surface area contributed by atoms with Crippen LogP contribution < -0.4 is 10.1 Å². The van der Waals surface area contributed by atoms with Crippen molar-refractivity contribution in [3.8, 4) is 11.4 Å². The van der Waals surface area contributed by atoms with Crippen LogP contribution in [0.2, 0.25) is 0 Å². The van der Waals surface area contributed by atoms with E-state index in [1.807, 2.05) is 19.1 Å². The zero-order chi connectivity index (χ0) is 15.2. The molecule has 21 heavy (non-hydrogen) atoms. The molecule has 0 fully saturated rings. The molecule has 2 rings (SSSR count). The molecule has 0 saturated carbocycles. The van der Waals surface area contributed by atoms with E-state index in [1.165, 1.54) is 11.0 Å². The van der Waals surface area contributed by atoms with E-state index in [0.29, 0.717) is 11.7 Å². The van der Waals surface area contributed by atoms with Gasteiger partial charge >= 0.3 is 0 Å². The maximum Gasteiger partial charge on any atom is 0.258 e. The largest absolute Gasteiger partial charge is 0.484 e. The first kappa shape index (κ1) is 15.0. The Morgan fingerprint density at radius 3 is 2.86 bits per heavy atom. The number of amides is 1. The minimum absolute atomic E-state index is 0.0177. The second-order valence-electron chi connectivity index (χ2n) is 5.14. The van der Waals surface area contributed by atoms with E-state index >= 15 is 0 Å². The SMILES string of the molecule is CC(C)[C@H](C)NC(=O)COc1cccc(-n2cnnn2)c1. The highest BCUT2D eigenvalue weighted by molar-refractivity contribution is 5.77. The molecule has 7 nitrogen and oxygen atoms in total. The van der Waals surface area contributed by atoms with Gasteiger partial charge in [-0.2, -0.15) is 0 Å². The van der Waals surface area contributed by atoms with Crippen LogP contribution in [0.4, 0.5) is 0 Å². The van der Waals surface area contributed by atoms with Crippen LogP contribution in [0, 0.1) is 5.92 Å². The molecule has 1 amide bonds. The van der Waals surface area contributed by atoms with Crippen LogP contribution in [0.3, 0.4) is 0 Å². The molecule has 2 aromatic rings. The van der Waals surface area contributed by atoms with Gasteiger partial charge in [0.15, 0.2) is 6.61 Å². The Hall–Kier alpha value is -2.44. The summed E-state index contributed by atoms with van der Waals surface area (Å²) in [6.45, 7) is 6.07. The smallest absolute Gasteiger partial charge is 0.258 e. The van der Waals surface area contributed by atoms with Gasteiger partial charge in [0, 0.05) is 12.1 Å². The number of aromatic nitrogens is 4. The minimum atomic E-state index is -0.135. The molecule has 0 aliphatic carbocycles. The van der Waals surface area contributed by atoms with Crippen molar-refractivity contribution in [3.05, 3.63) is 30.6 Å². The lowest BCUT2D eigenvalue weighted by Gasteiger charge is -2.17. The lowest BCUT2D eigenvalue weighted by atomic mass is 10.1. The van der Waals surface area contributed by atoms with Gasteiger partial charge in [-0.25, -0.2) is 4.68 Å². The average molecular weight is 289 g/mol. The van der Waals surface area contributed by atoms with Crippen LogP contribution in [0.1, 0.15) is 20.8 Å². The van der Waals surface area contributed by atoms with Gasteiger partial charge in [0.1, 0.15) is 12.1 Å². The quantitative estimate of drug-likeness (QED) is 0.864. The second kappa shape index (κ2) is 6.83. The fourth-order valence-electron chi connectivity index (χ4n) is 1.61. The van der Waals surface area contributed by atoms with E-state index in [2.05, 4.69) is 34.7 Å². The van der Waals surface area contributed by atoms with Gasteiger partial charge in [-0.3, -0.25) is 4.79 Å². The van der Waals surface area contributed by atoms with Crippen LogP contribution >= 0.6 is 0 Å². The van der Waals surface area contributed by atoms with Gasteiger partial charge in [0.05, 0.1) is 5.69 Å². The van der Waals surface area contributed by atoms with E-state index in [9.17, 15) is 4.79 Å². The van der Waals surface area contributed by atoms with Crippen LogP contribution in [0.15, 0.2) is 30.6 Å². The summed E-state index contributed by atoms with van der Waals surface area (Å²) in [6.07, 6.45) is 1.50. The molecule has 0 spiro atoms. The third kappa shape index (κ3) is 4.27. The third-order valence-electron chi connectivity index (χ3n) is 3.19. The molecule has 0 radical (unpaired) electrons. The van der Waals surface area contributed by atoms with Crippen LogP contribution in [-0.4, -0.2) is 38.8 Å². The summed E-state index contributed by atoms with van der Waals surface area (Å²) in [6, 6.07) is 7.35. The summed E-state index contributed by atoms with van der Waals surface area (Å²) >= 11 is 0. The predicted molar refractivity (Wildman–Crippen MR) is 77.1 cm³/mol. The topological polar surface area (TPSA) is 81.9 Å². The van der Waals surface area contributed by atoms with Crippen molar-refractivity contribution < 1.29 is 9.53 Å². The summed E-state index contributed by atoms with van der Waals surface area (Å²) in [5.41, 5.74) is 0.772. The Morgan fingerprint density at radius 2 is 2.19 bits per heavy atom. The second-order valence-corrected chi connectivity index (χ2v) is 5.14. The molecule has 1 aromatic carbocycles. The van der Waals surface area contributed by atoms with Gasteiger partial charge in [-0.1, -0.05) is 19.9 Å². The van der Waals surface area contributed by atoms with Gasteiger partial charge in [-0.15, -0.1) is 5.10 Å². The first-order valence-corrected chi connectivity index (χ1v) is 6.82. The number of ether oxygens (including phenoxy) is 1. The number of carbonyl (C=O) groups excluding carboxylic acids is 1. The van der Waals surface area contributed by atoms with Crippen molar-refractivity contribution in [1.29, 1.82) is 0 Å². The van der Waals surface area contributed by atoms with Crippen molar-refractivity contribution >= 4 is 5.91 Å². The van der Waals surface area contributed by atoms with Crippen molar-refractivity contribution in [2.24, 2.45) is 5.92 Å². The Kier molecular flexibility index (Phi) is 4.86. The third-order valence-corrected chi connectivity index (χ3v) is 3.19. The van der Waals surface area contributed by atoms with E-state index in [1.54, 1.807) is 12.1 Å². The monoisotopic (exact) mass is 289 g/mol. The summed E-state index contributed by atoms with van der Waals surface area (Å²) in [4.78, 5) is 11.8. The normalized spacial score (nSPS) is 12.2. The maximum atomic E-state index is 11.8. The summed E-state index contributed by atoms with van der Waals surface area (Å²) < 4.78 is 7.01. The number of tetrazole rings is 1. The molecule has 0 bridgehead atoms. The Labute approximate surface area is 123 Å². The molecule has 112 valence electrons. The van der Waals surface area contributed by atoms with Gasteiger partial charge in [0.25, 0.3) is 5.91 Å². The molecule has 1 heterocycles. The Morgan fingerprint density at radius 1 is 1.38 bits per heavy atom. The van der Waals surface area contributed by atoms with Crippen LogP contribution in [0.25, 0.3) is 5.69 Å². The zero-order valence-electron chi connectivity index (χ0n) is 12.4. The van der Waals surface area contributed by atoms with E-state index in [-0.39, 0.29) is 18.6 Å². The van der Waals surface area contributed by atoms with Crippen molar-refractivity contribution in [2.75, 3.05) is 6.61 Å². The number of hydrogen-bond acceptors (Lipinski definition) is 5. The van der Waals surface area contributed by atoms with Gasteiger partial charge in [-0.05, 0) is 35.4 Å². The fourth-order valence-corrected chi connectivity index (χ4v) is 1.61. The minimum Gasteiger partial charge on any atom is -0.484 e. The molecule has 0 aliphatic rings. The number of carbonyl (C=O) groups is 1. The number of nitrogens with one attached hydrogen (secondary N) is 1. The molecule has 0 saturated heterocycles. The highest BCUT2D eigenvalue weighted by Crippen LogP contribution is 2.15. The van der Waals surface area contributed by atoms with Crippen LogP contribution in [0.5, 0.6) is 5.75 Å². The summed E-state index contributed by atoms with van der Waals surface area (Å²) in [5.74, 6) is 0.844. The summed E-state index contributed by atoms with van der Waals surface area (Å²) in [5, 5.41) is 13.9. The average Bonchev–Trinajstić information content (AvgIpc) is 2.99. The van der Waals surface area contributed by atoms with Gasteiger partial charge < -0.3 is 10.1 Å². The molecule has 7 heteroatoms. The molecule has 0 aliphatic heterocycles. The number of rotatable bonds is 6. The number of nitrogens with zero attached hydrogens (tertiary/aromatic N) is 4. The molecule has 0 unspecified atom stereocenters. The van der Waals surface area contributed by atoms with Crippen molar-refractivity contribution in [2.45, 2.75) is 26.8 Å². The number of hydrogen-bond donors (Lipinski definition) is 1. The van der Waals surface area contributed by atoms with E-state index in [4.69, 9.17) is 4.74 Å². The standard InChI is InChI=1S/C14H19N5O2/c1-10(2)11(3)16-14(20)8-21-13-6-4-5-12(7-13)19-9-15-17-18-19/h4-7,9-11H,8H2,1-3H3,(H,16,20)/t11-/m0/s1. The molecule has 1 aromatic heterocycles. The highest BCUT2D eigenvalue weighted by Gasteiger charge is 2.11. The molecular weight excluding hydrogens is 270 g/mol. The molecular formula is C14H19N5O2. The van der Waals surface area contributed by atoms with E-state index < -0.39 is 0 Å². The maximum absolute atomic E-state index is 11.8. The highest BCUT2D eigenvalue weighted by atomic mass is 16.5. The van der Waals surface area contributed by atoms with Crippen molar-refractivity contribution in [3.63, 3.8) is 0 Å². The number of benzene rings is 1. The first-order valence-electron chi connectivity index (χ1n) is 6.82. The Balaban J connectivity index is 1.92. The zero-order valence-corrected chi connectivity index (χ0v) is 12.4. The Bertz CT molecular complexity index is 583. The predicted octanol–water partition coefficient (Wildman–Crippen LogP) is 1.20. The van der Waals surface area contributed by atoms with Gasteiger partial charge in [0.2, 0.25) is 0 Å². The summed E-state index contributed by atoms with van der Waals surface area (Å²) in [7, 11) is 0. The first-order chi connectivity index (χ1) is 10.1. The fraction of sp³-hybridized carbons (Fsp3) is 0.429. The lowest BCUT2D eigenvalue weighted by Crippen LogP contribution is -2.38. The van der Waals surface area contributed by atoms with Crippen LogP contribution in [-0.2, 0) is 4.79 Å². The van der Waals surface area contributed by atoms with E-state index in [0.717, 1.165) is 5.69 Å². The molecule has 1 atom stereocenters. The van der Waals surface area contributed by atoms with Crippen molar-refractivity contribution in [1.82, 2.24) is 25.5 Å². The lowest BCUT2D eigenvalue weighted by molar-refractivity contribution is -0.124. The molecule has 1 N–H and O–H groups in total.